The van der Waals surface area contributed by atoms with Crippen LogP contribution in [0.3, 0.4) is 0 Å². The third kappa shape index (κ3) is 4.42. The Labute approximate surface area is 165 Å². The van der Waals surface area contributed by atoms with E-state index < -0.39 is 0 Å². The van der Waals surface area contributed by atoms with Crippen LogP contribution in [0.15, 0.2) is 54.6 Å². The molecule has 4 rings (SSSR count). The lowest BCUT2D eigenvalue weighted by Gasteiger charge is -2.31. The first kappa shape index (κ1) is 18.7. The molecule has 0 saturated carbocycles. The van der Waals surface area contributed by atoms with Gasteiger partial charge in [0.25, 0.3) is 5.91 Å². The second kappa shape index (κ2) is 8.57. The number of hydrogen-bond donors (Lipinski definition) is 1. The van der Waals surface area contributed by atoms with E-state index >= 15 is 0 Å². The molecule has 1 N–H and O–H groups in total. The highest BCUT2D eigenvalue weighted by atomic mass is 16.5. The molecule has 2 aromatic carbocycles. The van der Waals surface area contributed by atoms with E-state index in [-0.39, 0.29) is 17.9 Å². The summed E-state index contributed by atoms with van der Waals surface area (Å²) in [5.74, 6) is 0.303. The van der Waals surface area contributed by atoms with E-state index in [0.29, 0.717) is 12.5 Å². The van der Waals surface area contributed by atoms with E-state index in [4.69, 9.17) is 4.74 Å². The van der Waals surface area contributed by atoms with Gasteiger partial charge in [0.15, 0.2) is 0 Å². The first-order valence-corrected chi connectivity index (χ1v) is 10.0. The number of carbonyl (C=O) groups is 2. The molecule has 0 radical (unpaired) electrons. The van der Waals surface area contributed by atoms with Gasteiger partial charge in [-0.15, -0.1) is 0 Å². The molecule has 2 atom stereocenters. The van der Waals surface area contributed by atoms with Crippen molar-refractivity contribution in [2.24, 2.45) is 5.92 Å². The Morgan fingerprint density at radius 3 is 2.57 bits per heavy atom. The van der Waals surface area contributed by atoms with E-state index in [0.717, 1.165) is 55.6 Å². The predicted molar refractivity (Wildman–Crippen MR) is 107 cm³/mol. The number of rotatable bonds is 6. The SMILES string of the molecule is O=C(OCc1ccccc1)[C@H]1C[C@H](Cc2cccc(C(=O)N3CCC3)c2)CN1. The Balaban J connectivity index is 1.28. The van der Waals surface area contributed by atoms with Gasteiger partial charge < -0.3 is 15.0 Å². The molecule has 146 valence electrons. The van der Waals surface area contributed by atoms with E-state index in [9.17, 15) is 9.59 Å². The fraction of sp³-hybridized carbons (Fsp3) is 0.391. The maximum absolute atomic E-state index is 12.4. The van der Waals surface area contributed by atoms with Gasteiger partial charge in [0.2, 0.25) is 0 Å². The van der Waals surface area contributed by atoms with Crippen LogP contribution in [0.1, 0.15) is 34.3 Å². The number of esters is 1. The van der Waals surface area contributed by atoms with E-state index in [2.05, 4.69) is 11.4 Å². The number of hydrogen-bond acceptors (Lipinski definition) is 4. The largest absolute Gasteiger partial charge is 0.460 e. The van der Waals surface area contributed by atoms with Gasteiger partial charge in [0.1, 0.15) is 12.6 Å². The fourth-order valence-electron chi connectivity index (χ4n) is 3.84. The topological polar surface area (TPSA) is 58.6 Å². The molecule has 0 aromatic heterocycles. The predicted octanol–water partition coefficient (Wildman–Crippen LogP) is 2.80. The van der Waals surface area contributed by atoms with Gasteiger partial charge in [0, 0.05) is 18.7 Å². The van der Waals surface area contributed by atoms with Crippen LogP contribution in [0, 0.1) is 5.92 Å². The second-order valence-electron chi connectivity index (χ2n) is 7.71. The van der Waals surface area contributed by atoms with Gasteiger partial charge in [-0.1, -0.05) is 42.5 Å². The van der Waals surface area contributed by atoms with Crippen LogP contribution in [0.4, 0.5) is 0 Å². The Bertz CT molecular complexity index is 833. The molecule has 2 saturated heterocycles. The average molecular weight is 378 g/mol. The lowest BCUT2D eigenvalue weighted by Crippen LogP contribution is -2.42. The first-order chi connectivity index (χ1) is 13.7. The van der Waals surface area contributed by atoms with Crippen molar-refractivity contribution in [1.29, 1.82) is 0 Å². The van der Waals surface area contributed by atoms with Crippen molar-refractivity contribution >= 4 is 11.9 Å². The van der Waals surface area contributed by atoms with Gasteiger partial charge in [-0.3, -0.25) is 9.59 Å². The van der Waals surface area contributed by atoms with E-state index in [1.54, 1.807) is 0 Å². The van der Waals surface area contributed by atoms with Crippen LogP contribution in [-0.4, -0.2) is 42.5 Å². The number of carbonyl (C=O) groups excluding carboxylic acids is 2. The van der Waals surface area contributed by atoms with Crippen molar-refractivity contribution in [2.45, 2.75) is 31.9 Å². The maximum atomic E-state index is 12.4. The molecule has 2 aliphatic rings. The Hall–Kier alpha value is -2.66. The molecule has 2 aromatic rings. The third-order valence-electron chi connectivity index (χ3n) is 5.57. The molecule has 2 fully saturated rings. The third-order valence-corrected chi connectivity index (χ3v) is 5.57. The average Bonchev–Trinajstić information content (AvgIpc) is 3.14. The van der Waals surface area contributed by atoms with Gasteiger partial charge in [-0.2, -0.15) is 0 Å². The Morgan fingerprint density at radius 1 is 1.04 bits per heavy atom. The lowest BCUT2D eigenvalue weighted by atomic mass is 9.95. The van der Waals surface area contributed by atoms with Crippen molar-refractivity contribution in [3.63, 3.8) is 0 Å². The summed E-state index contributed by atoms with van der Waals surface area (Å²) in [5.41, 5.74) is 2.91. The molecule has 2 heterocycles. The summed E-state index contributed by atoms with van der Waals surface area (Å²) < 4.78 is 5.45. The molecular formula is C23H26N2O3. The van der Waals surface area contributed by atoms with Crippen molar-refractivity contribution < 1.29 is 14.3 Å². The van der Waals surface area contributed by atoms with Crippen LogP contribution in [0.5, 0.6) is 0 Å². The molecule has 0 unspecified atom stereocenters. The van der Waals surface area contributed by atoms with E-state index in [1.165, 1.54) is 0 Å². The quantitative estimate of drug-likeness (QED) is 0.786. The number of amides is 1. The monoisotopic (exact) mass is 378 g/mol. The zero-order valence-corrected chi connectivity index (χ0v) is 16.0. The van der Waals surface area contributed by atoms with Crippen LogP contribution in [0.25, 0.3) is 0 Å². The molecule has 5 nitrogen and oxygen atoms in total. The van der Waals surface area contributed by atoms with Gasteiger partial charge in [-0.05, 0) is 55.0 Å². The number of nitrogens with zero attached hydrogens (tertiary/aromatic N) is 1. The molecule has 5 heteroatoms. The molecule has 2 aliphatic heterocycles. The summed E-state index contributed by atoms with van der Waals surface area (Å²) in [6, 6.07) is 17.4. The Kier molecular flexibility index (Phi) is 5.72. The maximum Gasteiger partial charge on any atom is 0.323 e. The highest BCUT2D eigenvalue weighted by molar-refractivity contribution is 5.94. The molecule has 1 amide bonds. The number of ether oxygens (including phenoxy) is 1. The number of benzene rings is 2. The van der Waals surface area contributed by atoms with Gasteiger partial charge in [-0.25, -0.2) is 0 Å². The van der Waals surface area contributed by atoms with Crippen molar-refractivity contribution in [1.82, 2.24) is 10.2 Å². The zero-order chi connectivity index (χ0) is 19.3. The van der Waals surface area contributed by atoms with Crippen LogP contribution in [-0.2, 0) is 22.6 Å². The van der Waals surface area contributed by atoms with Crippen molar-refractivity contribution in [2.75, 3.05) is 19.6 Å². The van der Waals surface area contributed by atoms with Crippen molar-refractivity contribution in [3.05, 3.63) is 71.3 Å². The minimum absolute atomic E-state index is 0.125. The van der Waals surface area contributed by atoms with Crippen LogP contribution in [0.2, 0.25) is 0 Å². The standard InChI is InChI=1S/C23H26N2O3/c26-22(25-10-5-11-25)20-9-4-8-18(13-20)12-19-14-21(24-15-19)23(27)28-16-17-6-2-1-3-7-17/h1-4,6-9,13,19,21,24H,5,10-12,14-16H2/t19-,21+/m0/s1. The van der Waals surface area contributed by atoms with Gasteiger partial charge >= 0.3 is 5.97 Å². The summed E-state index contributed by atoms with van der Waals surface area (Å²) in [6.07, 6.45) is 2.72. The highest BCUT2D eigenvalue weighted by Crippen LogP contribution is 2.22. The summed E-state index contributed by atoms with van der Waals surface area (Å²) in [5, 5.41) is 3.29. The molecule has 0 bridgehead atoms. The van der Waals surface area contributed by atoms with Crippen LogP contribution >= 0.6 is 0 Å². The minimum Gasteiger partial charge on any atom is -0.460 e. The summed E-state index contributed by atoms with van der Waals surface area (Å²) in [6.45, 7) is 2.82. The fourth-order valence-corrected chi connectivity index (χ4v) is 3.84. The minimum atomic E-state index is -0.250. The first-order valence-electron chi connectivity index (χ1n) is 10.0. The molecular weight excluding hydrogens is 352 g/mol. The Morgan fingerprint density at radius 2 is 1.82 bits per heavy atom. The van der Waals surface area contributed by atoms with Crippen LogP contribution < -0.4 is 5.32 Å². The summed E-state index contributed by atoms with van der Waals surface area (Å²) in [7, 11) is 0. The zero-order valence-electron chi connectivity index (χ0n) is 16.0. The highest BCUT2D eigenvalue weighted by Gasteiger charge is 2.30. The lowest BCUT2D eigenvalue weighted by molar-refractivity contribution is -0.147. The number of nitrogens with one attached hydrogen (secondary N) is 1. The van der Waals surface area contributed by atoms with Crippen molar-refractivity contribution in [3.8, 4) is 0 Å². The van der Waals surface area contributed by atoms with Gasteiger partial charge in [0.05, 0.1) is 0 Å². The van der Waals surface area contributed by atoms with E-state index in [1.807, 2.05) is 53.4 Å². The molecule has 28 heavy (non-hydrogen) atoms. The molecule has 0 aliphatic carbocycles. The smallest absolute Gasteiger partial charge is 0.323 e. The normalized spacial score (nSPS) is 21.2. The summed E-state index contributed by atoms with van der Waals surface area (Å²) in [4.78, 5) is 26.6. The molecule has 0 spiro atoms. The summed E-state index contributed by atoms with van der Waals surface area (Å²) >= 11 is 0. The number of likely N-dealkylation sites (tertiary alicyclic amines) is 1. The second-order valence-corrected chi connectivity index (χ2v) is 7.71.